The molecule has 5 nitrogen and oxygen atoms in total. The van der Waals surface area contributed by atoms with Gasteiger partial charge >= 0.3 is 0 Å². The second-order valence-corrected chi connectivity index (χ2v) is 3.41. The normalized spacial score (nSPS) is 9.88. The van der Waals surface area contributed by atoms with Gasteiger partial charge in [-0.1, -0.05) is 6.92 Å². The SMILES string of the molecule is CCCC(=O)c1ccc(NC)c([N+](=O)[O-])c1. The highest BCUT2D eigenvalue weighted by atomic mass is 16.6. The summed E-state index contributed by atoms with van der Waals surface area (Å²) in [5, 5.41) is 13.5. The molecule has 0 bridgehead atoms. The summed E-state index contributed by atoms with van der Waals surface area (Å²) < 4.78 is 0. The summed E-state index contributed by atoms with van der Waals surface area (Å²) in [7, 11) is 1.61. The fraction of sp³-hybridized carbons (Fsp3) is 0.364. The Balaban J connectivity index is 3.11. The van der Waals surface area contributed by atoms with Crippen LogP contribution in [-0.2, 0) is 0 Å². The van der Waals surface area contributed by atoms with E-state index in [1.807, 2.05) is 6.92 Å². The minimum absolute atomic E-state index is 0.0618. The van der Waals surface area contributed by atoms with E-state index in [1.165, 1.54) is 6.07 Å². The van der Waals surface area contributed by atoms with Crippen LogP contribution in [0.3, 0.4) is 0 Å². The molecule has 0 spiro atoms. The quantitative estimate of drug-likeness (QED) is 0.472. The molecule has 0 fully saturated rings. The zero-order valence-electron chi connectivity index (χ0n) is 9.32. The number of Topliss-reactive ketones (excluding diaryl/α,β-unsaturated/α-hetero) is 1. The Morgan fingerprint density at radius 1 is 1.50 bits per heavy atom. The smallest absolute Gasteiger partial charge is 0.293 e. The molecule has 0 saturated heterocycles. The van der Waals surface area contributed by atoms with E-state index in [9.17, 15) is 14.9 Å². The van der Waals surface area contributed by atoms with Gasteiger partial charge in [0.25, 0.3) is 5.69 Å². The molecule has 16 heavy (non-hydrogen) atoms. The van der Waals surface area contributed by atoms with Gasteiger partial charge in [-0.2, -0.15) is 0 Å². The van der Waals surface area contributed by atoms with Crippen LogP contribution in [0.1, 0.15) is 30.1 Å². The van der Waals surface area contributed by atoms with E-state index in [2.05, 4.69) is 5.32 Å². The minimum Gasteiger partial charge on any atom is -0.383 e. The summed E-state index contributed by atoms with van der Waals surface area (Å²) in [5.41, 5.74) is 0.745. The molecule has 0 aliphatic carbocycles. The number of carbonyl (C=O) groups excluding carboxylic acids is 1. The standard InChI is InChI=1S/C11H14N2O3/c1-3-4-11(14)8-5-6-9(12-2)10(7-8)13(15)16/h5-7,12H,3-4H2,1-2H3. The average Bonchev–Trinajstić information content (AvgIpc) is 2.28. The Morgan fingerprint density at radius 3 is 2.69 bits per heavy atom. The van der Waals surface area contributed by atoms with Gasteiger partial charge in [-0.15, -0.1) is 0 Å². The van der Waals surface area contributed by atoms with Crippen LogP contribution in [0, 0.1) is 10.1 Å². The summed E-state index contributed by atoms with van der Waals surface area (Å²) in [6, 6.07) is 4.49. The number of nitro groups is 1. The van der Waals surface area contributed by atoms with Crippen molar-refractivity contribution in [3.63, 3.8) is 0 Å². The Morgan fingerprint density at radius 2 is 2.19 bits per heavy atom. The van der Waals surface area contributed by atoms with E-state index in [1.54, 1.807) is 19.2 Å². The van der Waals surface area contributed by atoms with Crippen molar-refractivity contribution in [1.82, 2.24) is 0 Å². The summed E-state index contributed by atoms with van der Waals surface area (Å²) in [4.78, 5) is 21.9. The number of nitrogens with one attached hydrogen (secondary N) is 1. The van der Waals surface area contributed by atoms with Crippen molar-refractivity contribution >= 4 is 17.2 Å². The first-order valence-corrected chi connectivity index (χ1v) is 5.09. The molecular weight excluding hydrogens is 208 g/mol. The molecule has 0 atom stereocenters. The van der Waals surface area contributed by atoms with Crippen LogP contribution in [0.5, 0.6) is 0 Å². The van der Waals surface area contributed by atoms with Gasteiger partial charge in [0.1, 0.15) is 5.69 Å². The monoisotopic (exact) mass is 222 g/mol. The first-order valence-electron chi connectivity index (χ1n) is 5.09. The van der Waals surface area contributed by atoms with Crippen molar-refractivity contribution in [2.45, 2.75) is 19.8 Å². The van der Waals surface area contributed by atoms with E-state index >= 15 is 0 Å². The molecule has 0 aromatic heterocycles. The Hall–Kier alpha value is -1.91. The molecule has 0 amide bonds. The number of nitrogens with zero attached hydrogens (tertiary/aromatic N) is 1. The largest absolute Gasteiger partial charge is 0.383 e. The number of nitro benzene ring substituents is 1. The number of benzene rings is 1. The summed E-state index contributed by atoms with van der Waals surface area (Å²) in [6.07, 6.45) is 1.15. The lowest BCUT2D eigenvalue weighted by Crippen LogP contribution is -2.02. The zero-order valence-corrected chi connectivity index (χ0v) is 9.32. The van der Waals surface area contributed by atoms with Crippen LogP contribution >= 0.6 is 0 Å². The molecular formula is C11H14N2O3. The molecule has 86 valence electrons. The molecule has 1 aromatic carbocycles. The highest BCUT2D eigenvalue weighted by Crippen LogP contribution is 2.25. The lowest BCUT2D eigenvalue weighted by Gasteiger charge is -2.04. The lowest BCUT2D eigenvalue weighted by atomic mass is 10.1. The van der Waals surface area contributed by atoms with E-state index in [0.717, 1.165) is 6.42 Å². The number of anilines is 1. The van der Waals surface area contributed by atoms with Gasteiger partial charge in [0.05, 0.1) is 4.92 Å². The predicted molar refractivity (Wildman–Crippen MR) is 61.9 cm³/mol. The van der Waals surface area contributed by atoms with Gasteiger partial charge in [-0.05, 0) is 18.6 Å². The molecule has 0 heterocycles. The molecule has 1 N–H and O–H groups in total. The molecule has 0 aliphatic rings. The molecule has 0 aliphatic heterocycles. The average molecular weight is 222 g/mol. The number of hydrogen-bond donors (Lipinski definition) is 1. The zero-order chi connectivity index (χ0) is 12.1. The second kappa shape index (κ2) is 5.25. The fourth-order valence-corrected chi connectivity index (χ4v) is 1.44. The first-order chi connectivity index (χ1) is 7.60. The van der Waals surface area contributed by atoms with E-state index in [0.29, 0.717) is 17.7 Å². The van der Waals surface area contributed by atoms with Gasteiger partial charge in [-0.25, -0.2) is 0 Å². The highest BCUT2D eigenvalue weighted by Gasteiger charge is 2.16. The van der Waals surface area contributed by atoms with E-state index in [-0.39, 0.29) is 11.5 Å². The van der Waals surface area contributed by atoms with Crippen LogP contribution in [0.15, 0.2) is 18.2 Å². The van der Waals surface area contributed by atoms with Crippen LogP contribution in [0.2, 0.25) is 0 Å². The van der Waals surface area contributed by atoms with E-state index < -0.39 is 4.92 Å². The maximum atomic E-state index is 11.6. The van der Waals surface area contributed by atoms with Gasteiger partial charge in [0.2, 0.25) is 0 Å². The van der Waals surface area contributed by atoms with Gasteiger partial charge in [0.15, 0.2) is 5.78 Å². The van der Waals surface area contributed by atoms with Gasteiger partial charge < -0.3 is 5.32 Å². The van der Waals surface area contributed by atoms with Crippen molar-refractivity contribution in [3.8, 4) is 0 Å². The summed E-state index contributed by atoms with van der Waals surface area (Å²) in [5.74, 6) is -0.0618. The molecule has 0 radical (unpaired) electrons. The highest BCUT2D eigenvalue weighted by molar-refractivity contribution is 5.97. The van der Waals surface area contributed by atoms with Crippen LogP contribution in [-0.4, -0.2) is 17.8 Å². The predicted octanol–water partition coefficient (Wildman–Crippen LogP) is 2.62. The number of carbonyl (C=O) groups is 1. The molecule has 0 unspecified atom stereocenters. The lowest BCUT2D eigenvalue weighted by molar-refractivity contribution is -0.384. The van der Waals surface area contributed by atoms with E-state index in [4.69, 9.17) is 0 Å². The second-order valence-electron chi connectivity index (χ2n) is 3.41. The van der Waals surface area contributed by atoms with Crippen molar-refractivity contribution in [2.24, 2.45) is 0 Å². The third-order valence-electron chi connectivity index (χ3n) is 2.26. The Bertz CT molecular complexity index is 416. The molecule has 1 rings (SSSR count). The Labute approximate surface area is 93.6 Å². The van der Waals surface area contributed by atoms with Crippen molar-refractivity contribution in [2.75, 3.05) is 12.4 Å². The third-order valence-corrected chi connectivity index (χ3v) is 2.26. The molecule has 5 heteroatoms. The minimum atomic E-state index is -0.492. The van der Waals surface area contributed by atoms with Crippen molar-refractivity contribution in [1.29, 1.82) is 0 Å². The number of rotatable bonds is 5. The van der Waals surface area contributed by atoms with Crippen molar-refractivity contribution < 1.29 is 9.72 Å². The maximum absolute atomic E-state index is 11.6. The van der Waals surface area contributed by atoms with Crippen LogP contribution < -0.4 is 5.32 Å². The van der Waals surface area contributed by atoms with Crippen LogP contribution in [0.25, 0.3) is 0 Å². The topological polar surface area (TPSA) is 72.2 Å². The summed E-state index contributed by atoms with van der Waals surface area (Å²) >= 11 is 0. The summed E-state index contributed by atoms with van der Waals surface area (Å²) in [6.45, 7) is 1.90. The van der Waals surface area contributed by atoms with Crippen molar-refractivity contribution in [3.05, 3.63) is 33.9 Å². The van der Waals surface area contributed by atoms with Gasteiger partial charge in [0, 0.05) is 25.1 Å². The first kappa shape index (κ1) is 12.2. The fourth-order valence-electron chi connectivity index (χ4n) is 1.44. The maximum Gasteiger partial charge on any atom is 0.293 e. The Kier molecular flexibility index (Phi) is 3.99. The van der Waals surface area contributed by atoms with Crippen LogP contribution in [0.4, 0.5) is 11.4 Å². The number of ketones is 1. The molecule has 1 aromatic rings. The molecule has 0 saturated carbocycles. The third kappa shape index (κ3) is 2.56. The van der Waals surface area contributed by atoms with Gasteiger partial charge in [-0.3, -0.25) is 14.9 Å². The number of hydrogen-bond acceptors (Lipinski definition) is 4.